The molecule has 154 valence electrons. The first kappa shape index (κ1) is 20.0. The number of aromatic nitrogens is 3. The lowest BCUT2D eigenvalue weighted by molar-refractivity contribution is -0.121. The van der Waals surface area contributed by atoms with E-state index in [1.54, 1.807) is 28.8 Å². The Labute approximate surface area is 178 Å². The minimum atomic E-state index is -0.626. The number of hydrogen-bond acceptors (Lipinski definition) is 6. The van der Waals surface area contributed by atoms with Gasteiger partial charge in [-0.15, -0.1) is 0 Å². The molecule has 1 atom stereocenters. The molecule has 1 aliphatic heterocycles. The zero-order chi connectivity index (χ0) is 21.1. The molecule has 2 amide bonds. The summed E-state index contributed by atoms with van der Waals surface area (Å²) in [7, 11) is 0. The highest BCUT2D eigenvalue weighted by Crippen LogP contribution is 2.25. The molecule has 0 bridgehead atoms. The van der Waals surface area contributed by atoms with Crippen molar-refractivity contribution in [2.24, 2.45) is 0 Å². The summed E-state index contributed by atoms with van der Waals surface area (Å²) in [5.41, 5.74) is 1.41. The number of nitrogens with one attached hydrogen (secondary N) is 2. The minimum Gasteiger partial charge on any atom is -0.494 e. The average Bonchev–Trinajstić information content (AvgIpc) is 3.26. The summed E-state index contributed by atoms with van der Waals surface area (Å²) in [5.74, 6) is 0.790. The second-order valence-corrected chi connectivity index (χ2v) is 7.13. The highest BCUT2D eigenvalue weighted by atomic mass is 32.1. The van der Waals surface area contributed by atoms with Crippen LogP contribution in [0.2, 0.25) is 0 Å². The Hall–Kier alpha value is -3.30. The zero-order valence-corrected chi connectivity index (χ0v) is 17.2. The van der Waals surface area contributed by atoms with Crippen LogP contribution in [0.25, 0.3) is 5.69 Å². The molecule has 2 aromatic carbocycles. The molecular formula is C21H21N5O3S. The fraction of sp³-hybridized carbons (Fsp3) is 0.238. The number of para-hydroxylation sites is 1. The van der Waals surface area contributed by atoms with E-state index < -0.39 is 6.04 Å². The van der Waals surface area contributed by atoms with Gasteiger partial charge in [-0.1, -0.05) is 18.2 Å². The molecule has 4 rings (SSSR count). The number of imide groups is 1. The largest absolute Gasteiger partial charge is 0.494 e. The highest BCUT2D eigenvalue weighted by molar-refractivity contribution is 7.71. The van der Waals surface area contributed by atoms with Crippen molar-refractivity contribution in [3.05, 3.63) is 65.2 Å². The van der Waals surface area contributed by atoms with Crippen molar-refractivity contribution < 1.29 is 14.3 Å². The van der Waals surface area contributed by atoms with Crippen LogP contribution in [-0.2, 0) is 16.1 Å². The minimum absolute atomic E-state index is 0.0858. The summed E-state index contributed by atoms with van der Waals surface area (Å²) >= 11 is 5.34. The average molecular weight is 423 g/mol. The fourth-order valence-electron chi connectivity index (χ4n) is 3.43. The maximum absolute atomic E-state index is 12.9. The smallest absolute Gasteiger partial charge is 0.251 e. The van der Waals surface area contributed by atoms with E-state index >= 15 is 0 Å². The molecule has 8 nitrogen and oxygen atoms in total. The Morgan fingerprint density at radius 1 is 1.13 bits per heavy atom. The molecule has 0 spiro atoms. The number of ether oxygens (including phenoxy) is 1. The van der Waals surface area contributed by atoms with E-state index in [9.17, 15) is 9.59 Å². The summed E-state index contributed by atoms with van der Waals surface area (Å²) in [6.45, 7) is 2.73. The Morgan fingerprint density at radius 3 is 2.57 bits per heavy atom. The third kappa shape index (κ3) is 3.89. The lowest BCUT2D eigenvalue weighted by Crippen LogP contribution is -2.39. The van der Waals surface area contributed by atoms with Crippen molar-refractivity contribution in [2.75, 3.05) is 11.5 Å². The first-order chi connectivity index (χ1) is 14.6. The summed E-state index contributed by atoms with van der Waals surface area (Å²) in [6, 6.07) is 15.9. The maximum atomic E-state index is 12.9. The van der Waals surface area contributed by atoms with E-state index in [4.69, 9.17) is 17.0 Å². The molecule has 3 aromatic rings. The number of carbonyl (C=O) groups excluding carboxylic acids is 2. The zero-order valence-electron chi connectivity index (χ0n) is 16.4. The third-order valence-electron chi connectivity index (χ3n) is 4.82. The van der Waals surface area contributed by atoms with Gasteiger partial charge in [0.05, 0.1) is 31.3 Å². The number of rotatable bonds is 7. The van der Waals surface area contributed by atoms with Crippen LogP contribution in [0.4, 0.5) is 5.69 Å². The molecule has 2 heterocycles. The Balaban J connectivity index is 1.48. The van der Waals surface area contributed by atoms with Crippen molar-refractivity contribution >= 4 is 29.7 Å². The number of benzene rings is 2. The van der Waals surface area contributed by atoms with E-state index in [0.717, 1.165) is 5.69 Å². The number of H-pyrrole nitrogens is 1. The van der Waals surface area contributed by atoms with Crippen LogP contribution in [-0.4, -0.2) is 39.2 Å². The highest BCUT2D eigenvalue weighted by Gasteiger charge is 2.39. The molecular weight excluding hydrogens is 402 g/mol. The normalized spacial score (nSPS) is 16.3. The van der Waals surface area contributed by atoms with E-state index in [1.165, 1.54) is 4.90 Å². The molecule has 30 heavy (non-hydrogen) atoms. The third-order valence-corrected chi connectivity index (χ3v) is 5.09. The molecule has 0 radical (unpaired) electrons. The molecule has 1 saturated heterocycles. The number of anilines is 1. The van der Waals surface area contributed by atoms with Gasteiger partial charge >= 0.3 is 0 Å². The molecule has 0 saturated carbocycles. The predicted octanol–water partition coefficient (Wildman–Crippen LogP) is 2.75. The van der Waals surface area contributed by atoms with Gasteiger partial charge in [0, 0.05) is 5.69 Å². The lowest BCUT2D eigenvalue weighted by Gasteiger charge is -2.16. The van der Waals surface area contributed by atoms with Crippen LogP contribution in [0, 0.1) is 4.77 Å². The van der Waals surface area contributed by atoms with Crippen molar-refractivity contribution in [2.45, 2.75) is 25.9 Å². The van der Waals surface area contributed by atoms with Gasteiger partial charge in [-0.25, -0.2) is 4.90 Å². The second-order valence-electron chi connectivity index (χ2n) is 6.75. The van der Waals surface area contributed by atoms with Crippen molar-refractivity contribution in [1.82, 2.24) is 20.1 Å². The Morgan fingerprint density at radius 2 is 1.87 bits per heavy atom. The Bertz CT molecular complexity index is 1110. The number of carbonyl (C=O) groups is 2. The van der Waals surface area contributed by atoms with E-state index in [2.05, 4.69) is 15.5 Å². The summed E-state index contributed by atoms with van der Waals surface area (Å²) in [5, 5.41) is 10.2. The van der Waals surface area contributed by atoms with Gasteiger partial charge in [0.1, 0.15) is 11.6 Å². The van der Waals surface area contributed by atoms with Gasteiger partial charge < -0.3 is 4.74 Å². The van der Waals surface area contributed by atoms with Crippen LogP contribution in [0.1, 0.15) is 19.2 Å². The first-order valence-corrected chi connectivity index (χ1v) is 10.0. The van der Waals surface area contributed by atoms with Gasteiger partial charge in [0.2, 0.25) is 5.91 Å². The van der Waals surface area contributed by atoms with Crippen LogP contribution in [0.5, 0.6) is 5.75 Å². The van der Waals surface area contributed by atoms with E-state index in [-0.39, 0.29) is 24.8 Å². The first-order valence-electron chi connectivity index (χ1n) is 9.63. The SMILES string of the molecule is CCOc1ccc(N2C(=O)C[C@H](NCc3n[nH]c(=S)n3-c3ccccc3)C2=O)cc1. The molecule has 9 heteroatoms. The van der Waals surface area contributed by atoms with Gasteiger partial charge in [-0.05, 0) is 55.5 Å². The molecule has 2 N–H and O–H groups in total. The number of aromatic amines is 1. The van der Waals surface area contributed by atoms with Crippen LogP contribution < -0.4 is 15.0 Å². The summed E-state index contributed by atoms with van der Waals surface area (Å²) in [6.07, 6.45) is 0.0858. The van der Waals surface area contributed by atoms with Crippen molar-refractivity contribution in [3.63, 3.8) is 0 Å². The van der Waals surface area contributed by atoms with E-state index in [0.29, 0.717) is 28.6 Å². The quantitative estimate of drug-likeness (QED) is 0.448. The molecule has 0 aliphatic carbocycles. The molecule has 0 unspecified atom stereocenters. The fourth-order valence-corrected chi connectivity index (χ4v) is 3.68. The Kier molecular flexibility index (Phi) is 5.73. The van der Waals surface area contributed by atoms with Gasteiger partial charge in [0.15, 0.2) is 4.77 Å². The van der Waals surface area contributed by atoms with E-state index in [1.807, 2.05) is 37.3 Å². The van der Waals surface area contributed by atoms with Crippen LogP contribution in [0.15, 0.2) is 54.6 Å². The summed E-state index contributed by atoms with van der Waals surface area (Å²) in [4.78, 5) is 26.6. The molecule has 1 fully saturated rings. The van der Waals surface area contributed by atoms with Gasteiger partial charge in [-0.3, -0.25) is 24.6 Å². The molecule has 1 aromatic heterocycles. The standard InChI is InChI=1S/C21H21N5O3S/c1-2-29-16-10-8-15(9-11-16)26-19(27)12-17(20(26)28)22-13-18-23-24-21(30)25(18)14-6-4-3-5-7-14/h3-11,17,22H,2,12-13H2,1H3,(H,24,30)/t17-/m0/s1. The lowest BCUT2D eigenvalue weighted by atomic mass is 10.2. The topological polar surface area (TPSA) is 92.2 Å². The van der Waals surface area contributed by atoms with Crippen molar-refractivity contribution in [3.8, 4) is 11.4 Å². The predicted molar refractivity (Wildman–Crippen MR) is 114 cm³/mol. The number of amides is 2. The number of hydrogen-bond donors (Lipinski definition) is 2. The monoisotopic (exact) mass is 423 g/mol. The van der Waals surface area contributed by atoms with Crippen LogP contribution >= 0.6 is 12.2 Å². The second kappa shape index (κ2) is 8.60. The summed E-state index contributed by atoms with van der Waals surface area (Å²) < 4.78 is 7.67. The maximum Gasteiger partial charge on any atom is 0.251 e. The van der Waals surface area contributed by atoms with Crippen molar-refractivity contribution in [1.29, 1.82) is 0 Å². The van der Waals surface area contributed by atoms with Gasteiger partial charge in [0.25, 0.3) is 5.91 Å². The van der Waals surface area contributed by atoms with Gasteiger partial charge in [-0.2, -0.15) is 5.10 Å². The molecule has 1 aliphatic rings. The van der Waals surface area contributed by atoms with Crippen LogP contribution in [0.3, 0.4) is 0 Å². The number of nitrogens with zero attached hydrogens (tertiary/aromatic N) is 3.